The van der Waals surface area contributed by atoms with Gasteiger partial charge in [-0.3, -0.25) is 4.57 Å². The molecule has 0 spiro atoms. The molecular formula is C36H33O5P. The van der Waals surface area contributed by atoms with E-state index >= 15 is 0 Å². The Morgan fingerprint density at radius 3 is 1.29 bits per heavy atom. The number of rotatable bonds is 13. The second-order valence-electron chi connectivity index (χ2n) is 10.2. The summed E-state index contributed by atoms with van der Waals surface area (Å²) < 4.78 is 39.2. The van der Waals surface area contributed by atoms with E-state index in [9.17, 15) is 4.57 Å². The SMILES string of the molecule is O=P(OCc1ccccc1)(OCc1ccccc1)[C@@H]1O[C@@H]1COC(c1ccccc1)(c1ccccc1)c1ccccc1. The summed E-state index contributed by atoms with van der Waals surface area (Å²) in [6.07, 6.45) is -0.460. The van der Waals surface area contributed by atoms with Crippen LogP contribution in [0, 0.1) is 0 Å². The van der Waals surface area contributed by atoms with Crippen molar-refractivity contribution in [2.75, 3.05) is 6.61 Å². The molecular weight excluding hydrogens is 543 g/mol. The number of hydrogen-bond acceptors (Lipinski definition) is 5. The molecule has 5 aromatic rings. The predicted octanol–water partition coefficient (Wildman–Crippen LogP) is 8.35. The Morgan fingerprint density at radius 1 is 0.548 bits per heavy atom. The molecule has 5 aromatic carbocycles. The van der Waals surface area contributed by atoms with Gasteiger partial charge in [-0.15, -0.1) is 0 Å². The van der Waals surface area contributed by atoms with Gasteiger partial charge in [-0.2, -0.15) is 0 Å². The molecule has 2 atom stereocenters. The molecule has 0 unspecified atom stereocenters. The van der Waals surface area contributed by atoms with Crippen LogP contribution in [-0.2, 0) is 41.9 Å². The summed E-state index contributed by atoms with van der Waals surface area (Å²) in [5, 5.41) is 0. The van der Waals surface area contributed by atoms with E-state index < -0.39 is 25.1 Å². The Kier molecular flexibility index (Phi) is 8.76. The Labute approximate surface area is 247 Å². The van der Waals surface area contributed by atoms with Crippen LogP contribution >= 0.6 is 7.60 Å². The van der Waals surface area contributed by atoms with Crippen LogP contribution in [0.25, 0.3) is 0 Å². The standard InChI is InChI=1S/C36H33O5P/c37-42(39-26-29-16-6-1-7-17-29,40-27-30-18-8-2-9-19-30)35-34(41-35)28-38-36(31-20-10-3-11-21-31,32-22-12-4-13-23-32)33-24-14-5-15-25-33/h1-25,34-35H,26-28H2/t34-,35+/m1/s1. The summed E-state index contributed by atoms with van der Waals surface area (Å²) in [7, 11) is -3.67. The van der Waals surface area contributed by atoms with E-state index in [0.29, 0.717) is 0 Å². The Morgan fingerprint density at radius 2 is 0.905 bits per heavy atom. The normalized spacial score (nSPS) is 16.7. The van der Waals surface area contributed by atoms with Crippen molar-refractivity contribution in [3.05, 3.63) is 179 Å². The molecule has 1 fully saturated rings. The third-order valence-electron chi connectivity index (χ3n) is 7.38. The summed E-state index contributed by atoms with van der Waals surface area (Å²) in [4.78, 5) is 0. The van der Waals surface area contributed by atoms with Gasteiger partial charge in [-0.25, -0.2) is 0 Å². The van der Waals surface area contributed by atoms with Crippen molar-refractivity contribution in [3.8, 4) is 0 Å². The zero-order valence-electron chi connectivity index (χ0n) is 23.2. The highest BCUT2D eigenvalue weighted by Crippen LogP contribution is 2.62. The van der Waals surface area contributed by atoms with E-state index in [-0.39, 0.29) is 19.8 Å². The van der Waals surface area contributed by atoms with Crippen LogP contribution in [0.5, 0.6) is 0 Å². The molecule has 1 saturated heterocycles. The first-order valence-corrected chi connectivity index (χ1v) is 15.7. The second kappa shape index (κ2) is 13.0. The molecule has 0 bridgehead atoms. The highest BCUT2D eigenvalue weighted by molar-refractivity contribution is 7.54. The van der Waals surface area contributed by atoms with E-state index in [0.717, 1.165) is 27.8 Å². The third kappa shape index (κ3) is 6.32. The van der Waals surface area contributed by atoms with Gasteiger partial charge in [0.15, 0.2) is 5.85 Å². The summed E-state index contributed by atoms with van der Waals surface area (Å²) >= 11 is 0. The fraction of sp³-hybridized carbons (Fsp3) is 0.167. The van der Waals surface area contributed by atoms with E-state index in [1.54, 1.807) is 0 Å². The lowest BCUT2D eigenvalue weighted by atomic mass is 9.80. The average molecular weight is 577 g/mol. The second-order valence-corrected chi connectivity index (χ2v) is 12.3. The van der Waals surface area contributed by atoms with Crippen molar-refractivity contribution in [2.45, 2.75) is 30.8 Å². The van der Waals surface area contributed by atoms with Crippen molar-refractivity contribution < 1.29 is 23.1 Å². The van der Waals surface area contributed by atoms with Gasteiger partial charge < -0.3 is 18.5 Å². The van der Waals surface area contributed by atoms with Gasteiger partial charge in [-0.1, -0.05) is 152 Å². The highest BCUT2D eigenvalue weighted by Gasteiger charge is 2.56. The van der Waals surface area contributed by atoms with Gasteiger partial charge in [0.25, 0.3) is 0 Å². The van der Waals surface area contributed by atoms with Gasteiger partial charge in [0.1, 0.15) is 11.7 Å². The van der Waals surface area contributed by atoms with Crippen molar-refractivity contribution >= 4 is 7.60 Å². The highest BCUT2D eigenvalue weighted by atomic mass is 31.2. The molecule has 0 radical (unpaired) electrons. The van der Waals surface area contributed by atoms with Crippen LogP contribution in [-0.4, -0.2) is 18.6 Å². The molecule has 1 aliphatic heterocycles. The molecule has 6 rings (SSSR count). The summed E-state index contributed by atoms with van der Waals surface area (Å²) in [6.45, 7) is 0.501. The first kappa shape index (κ1) is 28.3. The van der Waals surface area contributed by atoms with Crippen LogP contribution < -0.4 is 0 Å². The predicted molar refractivity (Wildman–Crippen MR) is 164 cm³/mol. The quantitative estimate of drug-likeness (QED) is 0.0801. The Bertz CT molecular complexity index is 1440. The molecule has 6 heteroatoms. The lowest BCUT2D eigenvalue weighted by Crippen LogP contribution is -2.34. The maximum atomic E-state index is 14.2. The van der Waals surface area contributed by atoms with Crippen molar-refractivity contribution in [1.82, 2.24) is 0 Å². The van der Waals surface area contributed by atoms with Gasteiger partial charge >= 0.3 is 7.60 Å². The van der Waals surface area contributed by atoms with Gasteiger partial charge in [0.05, 0.1) is 19.8 Å². The maximum absolute atomic E-state index is 14.2. The Balaban J connectivity index is 1.26. The van der Waals surface area contributed by atoms with Crippen molar-refractivity contribution in [1.29, 1.82) is 0 Å². The van der Waals surface area contributed by atoms with Gasteiger partial charge in [-0.05, 0) is 27.8 Å². The summed E-state index contributed by atoms with van der Waals surface area (Å²) in [6, 6.07) is 49.8. The minimum absolute atomic E-state index is 0.155. The molecule has 0 N–H and O–H groups in total. The Hall–Kier alpha value is -3.83. The lowest BCUT2D eigenvalue weighted by molar-refractivity contribution is 0.00428. The smallest absolute Gasteiger partial charge is 0.358 e. The number of ether oxygens (including phenoxy) is 2. The van der Waals surface area contributed by atoms with Crippen LogP contribution in [0.15, 0.2) is 152 Å². The molecule has 0 saturated carbocycles. The molecule has 1 heterocycles. The third-order valence-corrected chi connectivity index (χ3v) is 9.44. The van der Waals surface area contributed by atoms with Gasteiger partial charge in [0, 0.05) is 0 Å². The molecule has 0 amide bonds. The average Bonchev–Trinajstić information content (AvgIpc) is 3.86. The summed E-state index contributed by atoms with van der Waals surface area (Å²) in [5.41, 5.74) is 3.88. The summed E-state index contributed by atoms with van der Waals surface area (Å²) in [5.74, 6) is -0.732. The number of hydrogen-bond donors (Lipinski definition) is 0. The minimum atomic E-state index is -3.67. The first-order valence-electron chi connectivity index (χ1n) is 14.1. The monoisotopic (exact) mass is 576 g/mol. The van der Waals surface area contributed by atoms with Crippen LogP contribution in [0.4, 0.5) is 0 Å². The molecule has 212 valence electrons. The van der Waals surface area contributed by atoms with E-state index in [1.807, 2.05) is 115 Å². The molecule has 1 aliphatic rings. The van der Waals surface area contributed by atoms with Crippen LogP contribution in [0.1, 0.15) is 27.8 Å². The van der Waals surface area contributed by atoms with E-state index in [2.05, 4.69) is 36.4 Å². The van der Waals surface area contributed by atoms with Crippen LogP contribution in [0.2, 0.25) is 0 Å². The largest absolute Gasteiger partial charge is 0.362 e. The van der Waals surface area contributed by atoms with Crippen molar-refractivity contribution in [3.63, 3.8) is 0 Å². The molecule has 5 nitrogen and oxygen atoms in total. The fourth-order valence-corrected chi connectivity index (χ4v) is 7.00. The number of benzene rings is 5. The minimum Gasteiger partial charge on any atom is -0.358 e. The first-order chi connectivity index (χ1) is 20.7. The fourth-order valence-electron chi connectivity index (χ4n) is 5.17. The van der Waals surface area contributed by atoms with E-state index in [4.69, 9.17) is 18.5 Å². The topological polar surface area (TPSA) is 57.3 Å². The number of epoxide rings is 1. The lowest BCUT2D eigenvalue weighted by Gasteiger charge is -2.35. The zero-order valence-corrected chi connectivity index (χ0v) is 24.1. The maximum Gasteiger partial charge on any atom is 0.362 e. The molecule has 42 heavy (non-hydrogen) atoms. The zero-order chi connectivity index (χ0) is 28.7. The van der Waals surface area contributed by atoms with E-state index in [1.165, 1.54) is 0 Å². The molecule has 0 aliphatic carbocycles. The molecule has 0 aromatic heterocycles. The van der Waals surface area contributed by atoms with Crippen molar-refractivity contribution in [2.24, 2.45) is 0 Å². The van der Waals surface area contributed by atoms with Crippen LogP contribution in [0.3, 0.4) is 0 Å². The van der Waals surface area contributed by atoms with Gasteiger partial charge in [0.2, 0.25) is 0 Å².